The summed E-state index contributed by atoms with van der Waals surface area (Å²) in [5.41, 5.74) is 4.23. The number of nitrogens with zero attached hydrogens (tertiary/aromatic N) is 1. The highest BCUT2D eigenvalue weighted by Gasteiger charge is 2.23. The van der Waals surface area contributed by atoms with Crippen LogP contribution in [0.25, 0.3) is 10.9 Å². The van der Waals surface area contributed by atoms with E-state index >= 15 is 0 Å². The highest BCUT2D eigenvalue weighted by atomic mass is 79.9. The smallest absolute Gasteiger partial charge is 0.0491 e. The molecule has 1 fully saturated rings. The lowest BCUT2D eigenvalue weighted by Gasteiger charge is -2.24. The third-order valence-electron chi connectivity index (χ3n) is 4.38. The molecule has 0 atom stereocenters. The predicted molar refractivity (Wildman–Crippen MR) is 84.8 cm³/mol. The van der Waals surface area contributed by atoms with E-state index in [1.807, 2.05) is 0 Å². The molecule has 1 aromatic heterocycles. The minimum Gasteiger partial charge on any atom is -0.346 e. The van der Waals surface area contributed by atoms with Crippen molar-refractivity contribution in [1.29, 1.82) is 0 Å². The Balaban J connectivity index is 2.13. The van der Waals surface area contributed by atoms with E-state index in [1.54, 1.807) is 0 Å². The van der Waals surface area contributed by atoms with Gasteiger partial charge >= 0.3 is 0 Å². The molecule has 3 heteroatoms. The molecule has 1 saturated heterocycles. The number of fused-ring (bicyclic) bond motifs is 1. The molecule has 1 aliphatic heterocycles. The Bertz CT molecular complexity index is 594. The fourth-order valence-electron chi connectivity index (χ4n) is 3.23. The van der Waals surface area contributed by atoms with Gasteiger partial charge in [-0.25, -0.2) is 0 Å². The van der Waals surface area contributed by atoms with Gasteiger partial charge in [0.1, 0.15) is 0 Å². The molecule has 1 N–H and O–H groups in total. The van der Waals surface area contributed by atoms with E-state index < -0.39 is 0 Å². The zero-order chi connectivity index (χ0) is 13.4. The van der Waals surface area contributed by atoms with Crippen molar-refractivity contribution < 1.29 is 0 Å². The number of hydrogen-bond acceptors (Lipinski definition) is 1. The van der Waals surface area contributed by atoms with Gasteiger partial charge in [0, 0.05) is 34.0 Å². The van der Waals surface area contributed by atoms with Crippen molar-refractivity contribution in [1.82, 2.24) is 9.88 Å². The molecule has 0 aliphatic carbocycles. The molecule has 2 aromatic rings. The van der Waals surface area contributed by atoms with Gasteiger partial charge in [-0.1, -0.05) is 13.0 Å². The molecule has 0 spiro atoms. The number of halogens is 1. The number of nitrogens with one attached hydrogen (secondary N) is 1. The van der Waals surface area contributed by atoms with E-state index in [1.165, 1.54) is 39.5 Å². The van der Waals surface area contributed by atoms with Crippen LogP contribution >= 0.6 is 15.9 Å². The van der Waals surface area contributed by atoms with Crippen LogP contribution in [-0.4, -0.2) is 17.7 Å². The second kappa shape index (κ2) is 5.29. The predicted octanol–water partition coefficient (Wildman–Crippen LogP) is 3.97. The minimum absolute atomic E-state index is 0.679. The summed E-state index contributed by atoms with van der Waals surface area (Å²) >= 11 is 3.86. The molecule has 3 rings (SSSR count). The highest BCUT2D eigenvalue weighted by Crippen LogP contribution is 2.38. The molecule has 2 nitrogen and oxygen atoms in total. The average Bonchev–Trinajstić information content (AvgIpc) is 2.71. The van der Waals surface area contributed by atoms with Gasteiger partial charge in [-0.2, -0.15) is 0 Å². The fourth-order valence-corrected chi connectivity index (χ4v) is 4.14. The maximum atomic E-state index is 3.86. The average molecular weight is 321 g/mol. The zero-order valence-corrected chi connectivity index (χ0v) is 13.3. The van der Waals surface area contributed by atoms with Crippen molar-refractivity contribution in [3.63, 3.8) is 0 Å². The molecule has 1 aromatic carbocycles. The molecular weight excluding hydrogens is 300 g/mol. The third-order valence-corrected chi connectivity index (χ3v) is 5.21. The third kappa shape index (κ3) is 2.23. The van der Waals surface area contributed by atoms with Crippen LogP contribution in [0.5, 0.6) is 0 Å². The first-order valence-corrected chi connectivity index (χ1v) is 7.99. The van der Waals surface area contributed by atoms with Gasteiger partial charge in [-0.05, 0) is 66.0 Å². The molecule has 0 radical (unpaired) electrons. The molecule has 0 amide bonds. The van der Waals surface area contributed by atoms with Gasteiger partial charge in [0.15, 0.2) is 0 Å². The SMILES string of the molecule is CCc1ccc2c(c1)c(Br)c(C1CCNCC1)n2C. The lowest BCUT2D eigenvalue weighted by molar-refractivity contribution is 0.445. The van der Waals surface area contributed by atoms with Crippen LogP contribution in [0.4, 0.5) is 0 Å². The van der Waals surface area contributed by atoms with E-state index in [2.05, 4.69) is 58.0 Å². The first-order valence-electron chi connectivity index (χ1n) is 7.19. The lowest BCUT2D eigenvalue weighted by atomic mass is 9.94. The summed E-state index contributed by atoms with van der Waals surface area (Å²) in [5, 5.41) is 4.82. The van der Waals surface area contributed by atoms with E-state index in [0.29, 0.717) is 5.92 Å². The Morgan fingerprint density at radius 3 is 2.74 bits per heavy atom. The molecule has 0 bridgehead atoms. The van der Waals surface area contributed by atoms with E-state index in [-0.39, 0.29) is 0 Å². The van der Waals surface area contributed by atoms with Crippen LogP contribution < -0.4 is 5.32 Å². The zero-order valence-electron chi connectivity index (χ0n) is 11.7. The number of benzene rings is 1. The van der Waals surface area contributed by atoms with Crippen molar-refractivity contribution >= 4 is 26.8 Å². The number of aromatic nitrogens is 1. The Morgan fingerprint density at radius 2 is 2.05 bits per heavy atom. The van der Waals surface area contributed by atoms with Gasteiger partial charge in [-0.3, -0.25) is 0 Å². The molecule has 19 heavy (non-hydrogen) atoms. The minimum atomic E-state index is 0.679. The molecular formula is C16H21BrN2. The van der Waals surface area contributed by atoms with E-state index in [0.717, 1.165) is 19.5 Å². The second-order valence-corrected chi connectivity index (χ2v) is 6.28. The highest BCUT2D eigenvalue weighted by molar-refractivity contribution is 9.10. The maximum absolute atomic E-state index is 3.86. The quantitative estimate of drug-likeness (QED) is 0.886. The van der Waals surface area contributed by atoms with Crippen molar-refractivity contribution in [2.75, 3.05) is 13.1 Å². The van der Waals surface area contributed by atoms with Crippen LogP contribution in [0.3, 0.4) is 0 Å². The topological polar surface area (TPSA) is 17.0 Å². The largest absolute Gasteiger partial charge is 0.346 e. The monoisotopic (exact) mass is 320 g/mol. The van der Waals surface area contributed by atoms with Crippen LogP contribution in [0.2, 0.25) is 0 Å². The summed E-state index contributed by atoms with van der Waals surface area (Å²) in [6.45, 7) is 4.49. The summed E-state index contributed by atoms with van der Waals surface area (Å²) in [6, 6.07) is 6.86. The number of hydrogen-bond donors (Lipinski definition) is 1. The van der Waals surface area contributed by atoms with Gasteiger partial charge in [-0.15, -0.1) is 0 Å². The fraction of sp³-hybridized carbons (Fsp3) is 0.500. The first kappa shape index (κ1) is 13.2. The maximum Gasteiger partial charge on any atom is 0.0491 e. The normalized spacial score (nSPS) is 17.2. The van der Waals surface area contributed by atoms with E-state index in [4.69, 9.17) is 0 Å². The van der Waals surface area contributed by atoms with Crippen LogP contribution in [0.1, 0.15) is 36.9 Å². The summed E-state index contributed by atoms with van der Waals surface area (Å²) in [6.07, 6.45) is 3.58. The van der Waals surface area contributed by atoms with Crippen molar-refractivity contribution in [2.45, 2.75) is 32.1 Å². The Hall–Kier alpha value is -0.800. The lowest BCUT2D eigenvalue weighted by Crippen LogP contribution is -2.27. The van der Waals surface area contributed by atoms with Gasteiger partial charge in [0.05, 0.1) is 0 Å². The standard InChI is InChI=1S/C16H21BrN2/c1-3-11-4-5-14-13(10-11)15(17)16(19(14)2)12-6-8-18-9-7-12/h4-5,10,12,18H,3,6-9H2,1-2H3. The second-order valence-electron chi connectivity index (χ2n) is 5.49. The summed E-state index contributed by atoms with van der Waals surface area (Å²) < 4.78 is 3.70. The van der Waals surface area contributed by atoms with Crippen molar-refractivity contribution in [3.05, 3.63) is 33.9 Å². The van der Waals surface area contributed by atoms with Crippen LogP contribution in [0.15, 0.2) is 22.7 Å². The summed E-state index contributed by atoms with van der Waals surface area (Å²) in [4.78, 5) is 0. The number of aryl methyl sites for hydroxylation is 2. The van der Waals surface area contributed by atoms with Gasteiger partial charge < -0.3 is 9.88 Å². The Labute approximate surface area is 123 Å². The van der Waals surface area contributed by atoms with Gasteiger partial charge in [0.2, 0.25) is 0 Å². The Morgan fingerprint density at radius 1 is 1.32 bits per heavy atom. The van der Waals surface area contributed by atoms with E-state index in [9.17, 15) is 0 Å². The summed E-state index contributed by atoms with van der Waals surface area (Å²) in [5.74, 6) is 0.679. The van der Waals surface area contributed by atoms with Crippen molar-refractivity contribution in [2.24, 2.45) is 7.05 Å². The first-order chi connectivity index (χ1) is 9.22. The van der Waals surface area contributed by atoms with Crippen LogP contribution in [0, 0.1) is 0 Å². The van der Waals surface area contributed by atoms with Crippen molar-refractivity contribution in [3.8, 4) is 0 Å². The van der Waals surface area contributed by atoms with Crippen LogP contribution in [-0.2, 0) is 13.5 Å². The molecule has 2 heterocycles. The molecule has 1 aliphatic rings. The summed E-state index contributed by atoms with van der Waals surface area (Å²) in [7, 11) is 2.20. The number of rotatable bonds is 2. The molecule has 102 valence electrons. The number of piperidine rings is 1. The van der Waals surface area contributed by atoms with Gasteiger partial charge in [0.25, 0.3) is 0 Å². The molecule has 0 unspecified atom stereocenters. The Kier molecular flexibility index (Phi) is 3.68. The molecule has 0 saturated carbocycles.